The van der Waals surface area contributed by atoms with Gasteiger partial charge in [0.05, 0.1) is 12.2 Å². The topological polar surface area (TPSA) is 75.0 Å². The van der Waals surface area contributed by atoms with Crippen molar-refractivity contribution in [1.82, 2.24) is 20.1 Å². The highest BCUT2D eigenvalue weighted by Crippen LogP contribution is 2.32. The highest BCUT2D eigenvalue weighted by atomic mass is 16.3. The average Bonchev–Trinajstić information content (AvgIpc) is 3.24. The van der Waals surface area contributed by atoms with E-state index < -0.39 is 0 Å². The Balaban J connectivity index is 1.67. The van der Waals surface area contributed by atoms with Crippen LogP contribution in [0.1, 0.15) is 40.7 Å². The van der Waals surface area contributed by atoms with Crippen molar-refractivity contribution >= 4 is 17.0 Å². The minimum Gasteiger partial charge on any atom is -0.441 e. The molecule has 1 saturated heterocycles. The van der Waals surface area contributed by atoms with Gasteiger partial charge in [0.15, 0.2) is 11.5 Å². The Morgan fingerprint density at radius 2 is 2.36 bits per heavy atom. The van der Waals surface area contributed by atoms with Crippen molar-refractivity contribution in [2.45, 2.75) is 25.8 Å². The standard InChI is InChI=1S/C16H16N4O2/c1-10-19-13-7-11(4-5-15(13)22-10)16(21)20-6-2-3-14(20)12-8-17-18-9-12/h4-5,7-9,14H,2-3,6H2,1H3,(H,17,18). The number of nitrogens with one attached hydrogen (secondary N) is 1. The van der Waals surface area contributed by atoms with Crippen molar-refractivity contribution in [3.8, 4) is 0 Å². The molecule has 1 aromatic carbocycles. The van der Waals surface area contributed by atoms with Crippen LogP contribution in [0.5, 0.6) is 0 Å². The van der Waals surface area contributed by atoms with Gasteiger partial charge in [-0.25, -0.2) is 4.98 Å². The van der Waals surface area contributed by atoms with Crippen molar-refractivity contribution in [3.63, 3.8) is 0 Å². The van der Waals surface area contributed by atoms with Crippen LogP contribution in [-0.4, -0.2) is 32.5 Å². The van der Waals surface area contributed by atoms with Gasteiger partial charge in [0.1, 0.15) is 5.52 Å². The number of H-pyrrole nitrogens is 1. The van der Waals surface area contributed by atoms with Crippen LogP contribution in [0.25, 0.3) is 11.1 Å². The lowest BCUT2D eigenvalue weighted by atomic mass is 10.1. The molecule has 4 rings (SSSR count). The minimum absolute atomic E-state index is 0.0336. The van der Waals surface area contributed by atoms with E-state index in [4.69, 9.17) is 4.42 Å². The van der Waals surface area contributed by atoms with Crippen LogP contribution in [0.3, 0.4) is 0 Å². The number of nitrogens with zero attached hydrogens (tertiary/aromatic N) is 3. The Bertz CT molecular complexity index is 822. The highest BCUT2D eigenvalue weighted by Gasteiger charge is 2.31. The molecule has 6 nitrogen and oxygen atoms in total. The molecule has 1 N–H and O–H groups in total. The van der Waals surface area contributed by atoms with Crippen molar-refractivity contribution in [3.05, 3.63) is 47.6 Å². The third-order valence-corrected chi connectivity index (χ3v) is 4.16. The van der Waals surface area contributed by atoms with Gasteiger partial charge in [-0.2, -0.15) is 5.10 Å². The number of aromatic nitrogens is 3. The third-order valence-electron chi connectivity index (χ3n) is 4.16. The molecule has 0 saturated carbocycles. The molecule has 22 heavy (non-hydrogen) atoms. The lowest BCUT2D eigenvalue weighted by molar-refractivity contribution is 0.0736. The number of hydrogen-bond donors (Lipinski definition) is 1. The summed E-state index contributed by atoms with van der Waals surface area (Å²) in [7, 11) is 0. The summed E-state index contributed by atoms with van der Waals surface area (Å²) >= 11 is 0. The second-order valence-electron chi connectivity index (χ2n) is 5.60. The summed E-state index contributed by atoms with van der Waals surface area (Å²) in [5.41, 5.74) is 3.14. The molecule has 2 aromatic heterocycles. The molecule has 0 bridgehead atoms. The van der Waals surface area contributed by atoms with Crippen molar-refractivity contribution < 1.29 is 9.21 Å². The predicted molar refractivity (Wildman–Crippen MR) is 80.3 cm³/mol. The molecule has 0 radical (unpaired) electrons. The monoisotopic (exact) mass is 296 g/mol. The Hall–Kier alpha value is -2.63. The predicted octanol–water partition coefficient (Wildman–Crippen LogP) is 2.84. The molecular formula is C16H16N4O2. The normalized spacial score (nSPS) is 18.2. The van der Waals surface area contributed by atoms with Crippen LogP contribution in [-0.2, 0) is 0 Å². The van der Waals surface area contributed by atoms with E-state index in [-0.39, 0.29) is 11.9 Å². The van der Waals surface area contributed by atoms with E-state index in [1.807, 2.05) is 17.2 Å². The lowest BCUT2D eigenvalue weighted by Gasteiger charge is -2.23. The van der Waals surface area contributed by atoms with Gasteiger partial charge in [-0.3, -0.25) is 9.89 Å². The van der Waals surface area contributed by atoms with Crippen LogP contribution in [0.15, 0.2) is 35.0 Å². The van der Waals surface area contributed by atoms with E-state index in [1.165, 1.54) is 0 Å². The van der Waals surface area contributed by atoms with E-state index in [0.717, 1.165) is 30.5 Å². The van der Waals surface area contributed by atoms with Crippen LogP contribution in [0, 0.1) is 6.92 Å². The fraction of sp³-hybridized carbons (Fsp3) is 0.312. The van der Waals surface area contributed by atoms with E-state index in [9.17, 15) is 4.79 Å². The van der Waals surface area contributed by atoms with Crippen molar-refractivity contribution in [2.24, 2.45) is 0 Å². The molecule has 1 atom stereocenters. The highest BCUT2D eigenvalue weighted by molar-refractivity contribution is 5.97. The number of amides is 1. The number of hydrogen-bond acceptors (Lipinski definition) is 4. The summed E-state index contributed by atoms with van der Waals surface area (Å²) in [4.78, 5) is 19.1. The number of aryl methyl sites for hydroxylation is 1. The summed E-state index contributed by atoms with van der Waals surface area (Å²) in [6.45, 7) is 2.57. The first kappa shape index (κ1) is 13.1. The lowest BCUT2D eigenvalue weighted by Crippen LogP contribution is -2.30. The van der Waals surface area contributed by atoms with Crippen molar-refractivity contribution in [2.75, 3.05) is 6.54 Å². The quantitative estimate of drug-likeness (QED) is 0.789. The molecule has 3 aromatic rings. The second kappa shape index (κ2) is 4.98. The number of oxazole rings is 1. The zero-order valence-electron chi connectivity index (χ0n) is 12.2. The third kappa shape index (κ3) is 2.07. The van der Waals surface area contributed by atoms with Gasteiger partial charge in [0.2, 0.25) is 0 Å². The van der Waals surface area contributed by atoms with Gasteiger partial charge < -0.3 is 9.32 Å². The summed E-state index contributed by atoms with van der Waals surface area (Å²) in [6, 6.07) is 5.52. The minimum atomic E-state index is 0.0336. The molecule has 1 aliphatic rings. The molecular weight excluding hydrogens is 280 g/mol. The first-order chi connectivity index (χ1) is 10.7. The van der Waals surface area contributed by atoms with Crippen LogP contribution < -0.4 is 0 Å². The van der Waals surface area contributed by atoms with E-state index in [0.29, 0.717) is 17.0 Å². The largest absolute Gasteiger partial charge is 0.441 e. The SMILES string of the molecule is Cc1nc2cc(C(=O)N3CCCC3c3cn[nH]c3)ccc2o1. The number of likely N-dealkylation sites (tertiary alicyclic amines) is 1. The molecule has 1 fully saturated rings. The van der Waals surface area contributed by atoms with Gasteiger partial charge in [0.25, 0.3) is 5.91 Å². The molecule has 3 heterocycles. The Morgan fingerprint density at radius 3 is 3.18 bits per heavy atom. The Morgan fingerprint density at radius 1 is 1.45 bits per heavy atom. The summed E-state index contributed by atoms with van der Waals surface area (Å²) in [5, 5.41) is 6.81. The summed E-state index contributed by atoms with van der Waals surface area (Å²) in [5.74, 6) is 0.642. The molecule has 6 heteroatoms. The van der Waals surface area contributed by atoms with Crippen molar-refractivity contribution in [1.29, 1.82) is 0 Å². The molecule has 0 aliphatic carbocycles. The molecule has 0 spiro atoms. The van der Waals surface area contributed by atoms with E-state index in [2.05, 4.69) is 15.2 Å². The average molecular weight is 296 g/mol. The number of fused-ring (bicyclic) bond motifs is 1. The Labute approximate surface area is 127 Å². The molecule has 1 aliphatic heterocycles. The number of benzene rings is 1. The van der Waals surface area contributed by atoms with Gasteiger partial charge in [-0.05, 0) is 31.0 Å². The smallest absolute Gasteiger partial charge is 0.254 e. The summed E-state index contributed by atoms with van der Waals surface area (Å²) in [6.07, 6.45) is 5.63. The van der Waals surface area contributed by atoms with Gasteiger partial charge in [-0.15, -0.1) is 0 Å². The second-order valence-corrected chi connectivity index (χ2v) is 5.60. The van der Waals surface area contributed by atoms with Crippen LogP contribution in [0.4, 0.5) is 0 Å². The fourth-order valence-electron chi connectivity index (χ4n) is 3.14. The molecule has 1 amide bonds. The first-order valence-electron chi connectivity index (χ1n) is 7.39. The number of rotatable bonds is 2. The molecule has 1 unspecified atom stereocenters. The van der Waals surface area contributed by atoms with Gasteiger partial charge >= 0.3 is 0 Å². The van der Waals surface area contributed by atoms with Gasteiger partial charge in [0, 0.05) is 30.8 Å². The fourth-order valence-corrected chi connectivity index (χ4v) is 3.14. The maximum absolute atomic E-state index is 12.8. The van der Waals surface area contributed by atoms with Gasteiger partial charge in [-0.1, -0.05) is 0 Å². The molecule has 112 valence electrons. The Kier molecular flexibility index (Phi) is 2.96. The van der Waals surface area contributed by atoms with E-state index >= 15 is 0 Å². The maximum atomic E-state index is 12.8. The maximum Gasteiger partial charge on any atom is 0.254 e. The van der Waals surface area contributed by atoms with E-state index in [1.54, 1.807) is 25.3 Å². The van der Waals surface area contributed by atoms with Crippen LogP contribution >= 0.6 is 0 Å². The number of carbonyl (C=O) groups is 1. The number of aromatic amines is 1. The number of carbonyl (C=O) groups excluding carboxylic acids is 1. The zero-order chi connectivity index (χ0) is 15.1. The zero-order valence-corrected chi connectivity index (χ0v) is 12.2. The van der Waals surface area contributed by atoms with Crippen LogP contribution in [0.2, 0.25) is 0 Å². The summed E-state index contributed by atoms with van der Waals surface area (Å²) < 4.78 is 5.46. The first-order valence-corrected chi connectivity index (χ1v) is 7.39.